The fraction of sp³-hybridized carbons (Fsp3) is 0.353. The molecule has 2 N–H and O–H groups in total. The number of hydrogen-bond donors (Lipinski definition) is 2. The smallest absolute Gasteiger partial charge is 0.282 e. The number of halogens is 1. The minimum absolute atomic E-state index is 0.210. The fourth-order valence-electron chi connectivity index (χ4n) is 2.85. The summed E-state index contributed by atoms with van der Waals surface area (Å²) in [7, 11) is -2.19. The van der Waals surface area contributed by atoms with E-state index in [1.807, 2.05) is 20.8 Å². The third kappa shape index (κ3) is 3.65. The largest absolute Gasteiger partial charge is 0.345 e. The average molecular weight is 428 g/mol. The molecule has 0 fully saturated rings. The van der Waals surface area contributed by atoms with Gasteiger partial charge in [0.15, 0.2) is 0 Å². The lowest BCUT2D eigenvalue weighted by Gasteiger charge is -2.19. The molecule has 1 amide bonds. The number of sulfonamides is 1. The van der Waals surface area contributed by atoms with Crippen LogP contribution in [0, 0.1) is 34.6 Å². The van der Waals surface area contributed by atoms with Crippen LogP contribution < -0.4 is 10.3 Å². The average Bonchev–Trinajstić information content (AvgIpc) is 2.87. The molecular formula is C17H22BrN3O3S. The van der Waals surface area contributed by atoms with Gasteiger partial charge in [-0.05, 0) is 84.4 Å². The lowest BCUT2D eigenvalue weighted by atomic mass is 9.95. The summed E-state index contributed by atoms with van der Waals surface area (Å²) >= 11 is 3.28. The highest BCUT2D eigenvalue weighted by molar-refractivity contribution is 9.10. The molecule has 0 aliphatic rings. The van der Waals surface area contributed by atoms with Crippen LogP contribution in [0.5, 0.6) is 0 Å². The molecule has 0 unspecified atom stereocenters. The molecule has 0 atom stereocenters. The monoisotopic (exact) mass is 427 g/mol. The topological polar surface area (TPSA) is 80.2 Å². The highest BCUT2D eigenvalue weighted by Crippen LogP contribution is 2.29. The van der Waals surface area contributed by atoms with Crippen molar-refractivity contribution in [3.63, 3.8) is 0 Å². The van der Waals surface area contributed by atoms with Crippen molar-refractivity contribution in [3.8, 4) is 0 Å². The Labute approximate surface area is 156 Å². The molecule has 1 heterocycles. The fourth-order valence-corrected chi connectivity index (χ4v) is 4.81. The summed E-state index contributed by atoms with van der Waals surface area (Å²) in [6, 6.07) is 1.61. The summed E-state index contributed by atoms with van der Waals surface area (Å²) < 4.78 is 27.9. The third-order valence-corrected chi connectivity index (χ3v) is 6.66. The lowest BCUT2D eigenvalue weighted by molar-refractivity contribution is 0.0937. The molecule has 1 aromatic carbocycles. The molecule has 0 saturated carbocycles. The number of hydrogen-bond acceptors (Lipinski definition) is 3. The van der Waals surface area contributed by atoms with Crippen LogP contribution >= 0.6 is 15.9 Å². The summed E-state index contributed by atoms with van der Waals surface area (Å²) in [4.78, 5) is 14.7. The van der Waals surface area contributed by atoms with Gasteiger partial charge < -0.3 is 4.57 Å². The summed E-state index contributed by atoms with van der Waals surface area (Å²) in [6.07, 6.45) is 1.71. The molecule has 8 heteroatoms. The summed E-state index contributed by atoms with van der Waals surface area (Å²) in [5, 5.41) is 0. The van der Waals surface area contributed by atoms with E-state index in [1.54, 1.807) is 37.7 Å². The Morgan fingerprint density at radius 1 is 1.00 bits per heavy atom. The maximum Gasteiger partial charge on any atom is 0.282 e. The first-order valence-electron chi connectivity index (χ1n) is 7.68. The van der Waals surface area contributed by atoms with Crippen LogP contribution in [-0.4, -0.2) is 18.9 Å². The SMILES string of the molecule is Cc1c(C)c(C)c(S(=O)(=O)NNC(=O)c2cc(Br)cn2C)c(C)c1C. The maximum atomic E-state index is 12.8. The second-order valence-electron chi connectivity index (χ2n) is 6.17. The summed E-state index contributed by atoms with van der Waals surface area (Å²) in [5.41, 5.74) is 6.92. The Morgan fingerprint density at radius 2 is 1.48 bits per heavy atom. The van der Waals surface area contributed by atoms with E-state index in [9.17, 15) is 13.2 Å². The Bertz CT molecular complexity index is 933. The molecule has 0 bridgehead atoms. The first-order chi connectivity index (χ1) is 11.5. The van der Waals surface area contributed by atoms with Crippen LogP contribution in [0.1, 0.15) is 38.3 Å². The van der Waals surface area contributed by atoms with E-state index in [-0.39, 0.29) is 4.90 Å². The molecule has 136 valence electrons. The predicted octanol–water partition coefficient (Wildman–Crippen LogP) is 2.95. The highest BCUT2D eigenvalue weighted by Gasteiger charge is 2.24. The van der Waals surface area contributed by atoms with E-state index in [1.165, 1.54) is 0 Å². The number of amides is 1. The Balaban J connectivity index is 2.35. The van der Waals surface area contributed by atoms with E-state index in [0.717, 1.165) is 21.2 Å². The molecule has 0 aliphatic carbocycles. The molecule has 0 spiro atoms. The van der Waals surface area contributed by atoms with Gasteiger partial charge in [-0.3, -0.25) is 10.2 Å². The Morgan fingerprint density at radius 3 is 1.92 bits per heavy atom. The molecule has 25 heavy (non-hydrogen) atoms. The zero-order chi connectivity index (χ0) is 19.1. The number of rotatable bonds is 4. The number of benzene rings is 1. The van der Waals surface area contributed by atoms with Gasteiger partial charge in [-0.15, -0.1) is 4.83 Å². The predicted molar refractivity (Wildman–Crippen MR) is 101 cm³/mol. The van der Waals surface area contributed by atoms with Crippen LogP contribution in [0.2, 0.25) is 0 Å². The van der Waals surface area contributed by atoms with Crippen molar-refractivity contribution in [2.24, 2.45) is 7.05 Å². The summed E-state index contributed by atoms with van der Waals surface area (Å²) in [5.74, 6) is -0.535. The normalized spacial score (nSPS) is 11.6. The molecule has 2 aromatic rings. The molecule has 0 aliphatic heterocycles. The molecule has 2 rings (SSSR count). The lowest BCUT2D eigenvalue weighted by Crippen LogP contribution is -2.42. The van der Waals surface area contributed by atoms with Crippen molar-refractivity contribution in [2.45, 2.75) is 39.5 Å². The number of aryl methyl sites for hydroxylation is 1. The van der Waals surface area contributed by atoms with Gasteiger partial charge in [0.25, 0.3) is 15.9 Å². The second-order valence-corrected chi connectivity index (χ2v) is 8.70. The van der Waals surface area contributed by atoms with Crippen LogP contribution in [0.4, 0.5) is 0 Å². The van der Waals surface area contributed by atoms with Crippen LogP contribution in [0.25, 0.3) is 0 Å². The van der Waals surface area contributed by atoms with E-state index >= 15 is 0 Å². The number of nitrogens with zero attached hydrogens (tertiary/aromatic N) is 1. The Kier molecular flexibility index (Phi) is 5.46. The van der Waals surface area contributed by atoms with Crippen molar-refractivity contribution >= 4 is 31.9 Å². The molecular weight excluding hydrogens is 406 g/mol. The van der Waals surface area contributed by atoms with Crippen molar-refractivity contribution < 1.29 is 13.2 Å². The number of hydrazine groups is 1. The molecule has 1 aromatic heterocycles. The quantitative estimate of drug-likeness (QED) is 0.735. The first kappa shape index (κ1) is 19.7. The second kappa shape index (κ2) is 6.93. The van der Waals surface area contributed by atoms with Crippen LogP contribution in [0.15, 0.2) is 21.6 Å². The zero-order valence-corrected chi connectivity index (χ0v) is 17.5. The third-order valence-electron chi connectivity index (χ3n) is 4.70. The van der Waals surface area contributed by atoms with Crippen LogP contribution in [-0.2, 0) is 17.1 Å². The van der Waals surface area contributed by atoms with Gasteiger partial charge in [-0.25, -0.2) is 8.42 Å². The van der Waals surface area contributed by atoms with Gasteiger partial charge in [-0.2, -0.15) is 0 Å². The molecule has 0 radical (unpaired) electrons. The van der Waals surface area contributed by atoms with Gasteiger partial charge in [-0.1, -0.05) is 0 Å². The minimum atomic E-state index is -3.90. The van der Waals surface area contributed by atoms with E-state index in [0.29, 0.717) is 16.8 Å². The number of carbonyl (C=O) groups is 1. The van der Waals surface area contributed by atoms with Crippen LogP contribution in [0.3, 0.4) is 0 Å². The Hall–Kier alpha value is -1.64. The highest BCUT2D eigenvalue weighted by atomic mass is 79.9. The van der Waals surface area contributed by atoms with Gasteiger partial charge in [0.2, 0.25) is 0 Å². The van der Waals surface area contributed by atoms with Crippen molar-refractivity contribution in [1.29, 1.82) is 0 Å². The van der Waals surface area contributed by atoms with Crippen molar-refractivity contribution in [3.05, 3.63) is 50.2 Å². The molecule has 0 saturated heterocycles. The van der Waals surface area contributed by atoms with Gasteiger partial charge in [0, 0.05) is 17.7 Å². The van der Waals surface area contributed by atoms with Gasteiger partial charge in [0.1, 0.15) is 5.69 Å². The van der Waals surface area contributed by atoms with Gasteiger partial charge >= 0.3 is 0 Å². The van der Waals surface area contributed by atoms with Crippen molar-refractivity contribution in [2.75, 3.05) is 0 Å². The zero-order valence-electron chi connectivity index (χ0n) is 15.1. The molecule has 6 nitrogen and oxygen atoms in total. The summed E-state index contributed by atoms with van der Waals surface area (Å²) in [6.45, 7) is 9.33. The van der Waals surface area contributed by atoms with E-state index < -0.39 is 15.9 Å². The number of nitrogens with one attached hydrogen (secondary N) is 2. The van der Waals surface area contributed by atoms with Gasteiger partial charge in [0.05, 0.1) is 4.90 Å². The maximum absolute atomic E-state index is 12.8. The number of aromatic nitrogens is 1. The minimum Gasteiger partial charge on any atom is -0.345 e. The first-order valence-corrected chi connectivity index (χ1v) is 9.96. The van der Waals surface area contributed by atoms with E-state index in [2.05, 4.69) is 26.2 Å². The van der Waals surface area contributed by atoms with Crippen molar-refractivity contribution in [1.82, 2.24) is 14.8 Å². The number of carbonyl (C=O) groups excluding carboxylic acids is 1. The standard InChI is InChI=1S/C17H22BrN3O3S/c1-9-10(2)12(4)16(13(5)11(9)3)25(23,24)20-19-17(22)15-7-14(18)8-21(15)6/h7-8,20H,1-6H3,(H,19,22). The van der Waals surface area contributed by atoms with E-state index in [4.69, 9.17) is 0 Å².